The van der Waals surface area contributed by atoms with Gasteiger partial charge in [0.1, 0.15) is 5.75 Å². The fraction of sp³-hybridized carbons (Fsp3) is 0.500. The van der Waals surface area contributed by atoms with E-state index in [0.717, 1.165) is 43.1 Å². The number of benzene rings is 1. The fourth-order valence-corrected chi connectivity index (χ4v) is 3.28. The molecule has 20 heavy (non-hydrogen) atoms. The molecular formula is C16H21NO2S. The zero-order chi connectivity index (χ0) is 14.2. The monoisotopic (exact) mass is 291 g/mol. The maximum Gasteiger partial charge on any atom is 0.134 e. The first-order chi connectivity index (χ1) is 9.83. The van der Waals surface area contributed by atoms with Gasteiger partial charge in [0.2, 0.25) is 0 Å². The average Bonchev–Trinajstić information content (AvgIpc) is 2.52. The molecule has 0 unspecified atom stereocenters. The third-order valence-corrected chi connectivity index (χ3v) is 4.69. The smallest absolute Gasteiger partial charge is 0.134 e. The third kappa shape index (κ3) is 4.45. The third-order valence-electron chi connectivity index (χ3n) is 3.24. The van der Waals surface area contributed by atoms with Gasteiger partial charge in [0, 0.05) is 24.2 Å². The highest BCUT2D eigenvalue weighted by molar-refractivity contribution is 7.99. The molecule has 0 bridgehead atoms. The topological polar surface area (TPSA) is 44.5 Å². The second kappa shape index (κ2) is 8.21. The highest BCUT2D eigenvalue weighted by Crippen LogP contribution is 2.27. The van der Waals surface area contributed by atoms with Crippen LogP contribution in [0.2, 0.25) is 0 Å². The van der Waals surface area contributed by atoms with Crippen molar-refractivity contribution in [1.82, 2.24) is 0 Å². The lowest BCUT2D eigenvalue weighted by Crippen LogP contribution is -2.17. The molecule has 2 rings (SSSR count). The van der Waals surface area contributed by atoms with Crippen molar-refractivity contribution in [3.05, 3.63) is 29.3 Å². The van der Waals surface area contributed by atoms with Crippen molar-refractivity contribution < 1.29 is 9.47 Å². The van der Waals surface area contributed by atoms with E-state index in [0.29, 0.717) is 11.8 Å². The van der Waals surface area contributed by atoms with E-state index in [9.17, 15) is 0 Å². The number of nitrogens with two attached hydrogens (primary N) is 1. The van der Waals surface area contributed by atoms with Crippen molar-refractivity contribution in [2.45, 2.75) is 23.8 Å². The second-order valence-corrected chi connectivity index (χ2v) is 5.95. The molecule has 0 radical (unpaired) electrons. The Morgan fingerprint density at radius 2 is 2.20 bits per heavy atom. The molecule has 1 aromatic carbocycles. The lowest BCUT2D eigenvalue weighted by atomic mass is 10.1. The van der Waals surface area contributed by atoms with Gasteiger partial charge in [-0.1, -0.05) is 17.9 Å². The Hall–Kier alpha value is -1.15. The molecule has 0 aromatic heterocycles. The Balaban J connectivity index is 2.00. The molecule has 1 aliphatic rings. The zero-order valence-corrected chi connectivity index (χ0v) is 12.7. The molecule has 0 aliphatic carbocycles. The van der Waals surface area contributed by atoms with E-state index in [-0.39, 0.29) is 0 Å². The first-order valence-corrected chi connectivity index (χ1v) is 7.93. The molecule has 2 N–H and O–H groups in total. The van der Waals surface area contributed by atoms with Gasteiger partial charge in [0.05, 0.1) is 19.2 Å². The lowest BCUT2D eigenvalue weighted by Gasteiger charge is -2.21. The molecule has 0 spiro atoms. The summed E-state index contributed by atoms with van der Waals surface area (Å²) in [5.41, 5.74) is 7.63. The van der Waals surface area contributed by atoms with E-state index in [1.807, 2.05) is 17.8 Å². The minimum absolute atomic E-state index is 0.365. The van der Waals surface area contributed by atoms with Gasteiger partial charge in [0.25, 0.3) is 0 Å². The Kier molecular flexibility index (Phi) is 6.25. The van der Waals surface area contributed by atoms with Gasteiger partial charge in [-0.2, -0.15) is 11.8 Å². The van der Waals surface area contributed by atoms with Crippen molar-refractivity contribution >= 4 is 11.8 Å². The van der Waals surface area contributed by atoms with Crippen LogP contribution in [0.25, 0.3) is 0 Å². The van der Waals surface area contributed by atoms with Gasteiger partial charge < -0.3 is 15.2 Å². The highest BCUT2D eigenvalue weighted by atomic mass is 32.2. The highest BCUT2D eigenvalue weighted by Gasteiger charge is 2.14. The Bertz CT molecular complexity index is 487. The molecule has 1 aromatic rings. The minimum Gasteiger partial charge on any atom is -0.495 e. The molecule has 0 saturated carbocycles. The summed E-state index contributed by atoms with van der Waals surface area (Å²) in [6, 6.07) is 6.20. The molecule has 4 heteroatoms. The van der Waals surface area contributed by atoms with E-state index < -0.39 is 0 Å². The first-order valence-electron chi connectivity index (χ1n) is 6.88. The van der Waals surface area contributed by atoms with Crippen molar-refractivity contribution in [3.8, 4) is 17.6 Å². The van der Waals surface area contributed by atoms with Gasteiger partial charge in [-0.3, -0.25) is 0 Å². The van der Waals surface area contributed by atoms with Crippen molar-refractivity contribution in [3.63, 3.8) is 0 Å². The van der Waals surface area contributed by atoms with E-state index in [1.165, 1.54) is 5.56 Å². The number of methoxy groups -OCH3 is 1. The summed E-state index contributed by atoms with van der Waals surface area (Å²) < 4.78 is 10.7. The molecule has 1 aliphatic heterocycles. The van der Waals surface area contributed by atoms with Gasteiger partial charge in [-0.15, -0.1) is 0 Å². The van der Waals surface area contributed by atoms with E-state index >= 15 is 0 Å². The molecular weight excluding hydrogens is 270 g/mol. The van der Waals surface area contributed by atoms with Crippen LogP contribution in [-0.4, -0.2) is 32.1 Å². The van der Waals surface area contributed by atoms with Gasteiger partial charge in [-0.25, -0.2) is 0 Å². The van der Waals surface area contributed by atoms with Gasteiger partial charge in [-0.05, 0) is 30.5 Å². The standard InChI is InChI=1S/C16H21NO2S/c1-18-16-5-4-13(11-14(16)3-2-8-17)12-20-15-6-9-19-10-7-15/h4-5,11,15H,6-10,12,17H2,1H3. The molecule has 0 amide bonds. The molecule has 0 atom stereocenters. The van der Waals surface area contributed by atoms with Crippen molar-refractivity contribution in [2.75, 3.05) is 26.9 Å². The van der Waals surface area contributed by atoms with Crippen LogP contribution in [0.4, 0.5) is 0 Å². The van der Waals surface area contributed by atoms with E-state index in [4.69, 9.17) is 15.2 Å². The molecule has 1 heterocycles. The number of rotatable bonds is 4. The second-order valence-electron chi connectivity index (χ2n) is 4.66. The number of thioether (sulfide) groups is 1. The summed E-state index contributed by atoms with van der Waals surface area (Å²) in [4.78, 5) is 0. The van der Waals surface area contributed by atoms with Crippen LogP contribution in [0.15, 0.2) is 18.2 Å². The Morgan fingerprint density at radius 1 is 1.40 bits per heavy atom. The lowest BCUT2D eigenvalue weighted by molar-refractivity contribution is 0.1000. The van der Waals surface area contributed by atoms with Crippen LogP contribution in [0, 0.1) is 11.8 Å². The van der Waals surface area contributed by atoms with Crippen molar-refractivity contribution in [1.29, 1.82) is 0 Å². The van der Waals surface area contributed by atoms with Crippen LogP contribution >= 0.6 is 11.8 Å². The largest absolute Gasteiger partial charge is 0.495 e. The summed E-state index contributed by atoms with van der Waals surface area (Å²) in [6.07, 6.45) is 2.31. The number of hydrogen-bond donors (Lipinski definition) is 1. The Morgan fingerprint density at radius 3 is 2.90 bits per heavy atom. The number of ether oxygens (including phenoxy) is 2. The molecule has 1 saturated heterocycles. The van der Waals surface area contributed by atoms with Gasteiger partial charge in [0.15, 0.2) is 0 Å². The quantitative estimate of drug-likeness (QED) is 0.865. The van der Waals surface area contributed by atoms with Gasteiger partial charge >= 0.3 is 0 Å². The summed E-state index contributed by atoms with van der Waals surface area (Å²) in [7, 11) is 1.67. The number of hydrogen-bond acceptors (Lipinski definition) is 4. The zero-order valence-electron chi connectivity index (χ0n) is 11.9. The predicted molar refractivity (Wildman–Crippen MR) is 84.1 cm³/mol. The maximum absolute atomic E-state index is 5.43. The van der Waals surface area contributed by atoms with Crippen LogP contribution in [-0.2, 0) is 10.5 Å². The summed E-state index contributed by atoms with van der Waals surface area (Å²) in [5, 5.41) is 0.712. The fourth-order valence-electron chi connectivity index (χ4n) is 2.15. The maximum atomic E-state index is 5.43. The predicted octanol–water partition coefficient (Wildman–Crippen LogP) is 2.42. The molecule has 108 valence electrons. The first kappa shape index (κ1) is 15.2. The summed E-state index contributed by atoms with van der Waals surface area (Å²) in [5.74, 6) is 7.78. The average molecular weight is 291 g/mol. The minimum atomic E-state index is 0.365. The van der Waals surface area contributed by atoms with E-state index in [2.05, 4.69) is 24.0 Å². The van der Waals surface area contributed by atoms with Crippen LogP contribution in [0.3, 0.4) is 0 Å². The normalized spacial score (nSPS) is 15.5. The van der Waals surface area contributed by atoms with E-state index in [1.54, 1.807) is 7.11 Å². The summed E-state index contributed by atoms with van der Waals surface area (Å²) in [6.45, 7) is 2.16. The van der Waals surface area contributed by atoms with Crippen molar-refractivity contribution in [2.24, 2.45) is 5.73 Å². The Labute approximate surface area is 125 Å². The van der Waals surface area contributed by atoms with Crippen LogP contribution < -0.4 is 10.5 Å². The van der Waals surface area contributed by atoms with Crippen LogP contribution in [0.1, 0.15) is 24.0 Å². The van der Waals surface area contributed by atoms with Crippen LogP contribution in [0.5, 0.6) is 5.75 Å². The molecule has 3 nitrogen and oxygen atoms in total. The SMILES string of the molecule is COc1ccc(CSC2CCOCC2)cc1C#CCN. The molecule has 1 fully saturated rings. The summed E-state index contributed by atoms with van der Waals surface area (Å²) >= 11 is 2.00.